The van der Waals surface area contributed by atoms with E-state index in [4.69, 9.17) is 4.98 Å². The van der Waals surface area contributed by atoms with Crippen molar-refractivity contribution in [2.24, 2.45) is 12.5 Å². The number of aromatic nitrogens is 4. The van der Waals surface area contributed by atoms with Crippen LogP contribution in [-0.2, 0) is 47.7 Å². The van der Waals surface area contributed by atoms with Crippen molar-refractivity contribution in [1.29, 1.82) is 0 Å². The van der Waals surface area contributed by atoms with E-state index in [9.17, 15) is 27.9 Å². The number of pyridine rings is 1. The molecule has 6 heterocycles. The number of anilines is 6. The van der Waals surface area contributed by atoms with Crippen molar-refractivity contribution < 1.29 is 23.1 Å². The van der Waals surface area contributed by atoms with Crippen LogP contribution in [0.5, 0.6) is 0 Å². The van der Waals surface area contributed by atoms with Crippen LogP contribution in [0.25, 0.3) is 11.3 Å². The predicted molar refractivity (Wildman–Crippen MR) is 267 cm³/mol. The number of sulfone groups is 1. The molecule has 3 N–H and O–H groups in total. The summed E-state index contributed by atoms with van der Waals surface area (Å²) in [5.41, 5.74) is 7.93. The summed E-state index contributed by atoms with van der Waals surface area (Å²) < 4.78 is 28.0. The molecule has 3 aromatic heterocycles. The SMILES string of the molecule is C=CC(=O)Nc1cc(Nc2nc(-c3ccnc(N4CCn5c(cc6c5CC(C)(C)C6)C4=O)c3CO)cn(C)c2=O)ccc1N1CCN(C2CCN(c3ccc(S(C)(=O)=O)c(C)c3)[C@H](C)C2)C[C@@H]1C. The van der Waals surface area contributed by atoms with Crippen LogP contribution < -0.4 is 30.9 Å². The molecule has 2 aromatic carbocycles. The van der Waals surface area contributed by atoms with Gasteiger partial charge in [-0.2, -0.15) is 0 Å². The quantitative estimate of drug-likeness (QED) is 0.131. The molecule has 2 amide bonds. The summed E-state index contributed by atoms with van der Waals surface area (Å²) in [6.45, 7) is 18.3. The number of hydrogen-bond donors (Lipinski definition) is 3. The highest BCUT2D eigenvalue weighted by atomic mass is 32.2. The van der Waals surface area contributed by atoms with Gasteiger partial charge in [0, 0.05) is 111 Å². The van der Waals surface area contributed by atoms with Gasteiger partial charge in [0.1, 0.15) is 11.5 Å². The lowest BCUT2D eigenvalue weighted by Crippen LogP contribution is -2.58. The topological polar surface area (TPSA) is 178 Å². The Balaban J connectivity index is 0.920. The zero-order chi connectivity index (χ0) is 48.4. The first-order chi connectivity index (χ1) is 32.3. The van der Waals surface area contributed by atoms with Crippen molar-refractivity contribution in [3.63, 3.8) is 0 Å². The zero-order valence-electron chi connectivity index (χ0n) is 40.0. The van der Waals surface area contributed by atoms with Crippen LogP contribution in [-0.4, -0.2) is 106 Å². The number of aliphatic hydroxyl groups excluding tert-OH is 1. The Bertz CT molecular complexity index is 3020. The third kappa shape index (κ3) is 8.82. The smallest absolute Gasteiger partial charge is 0.293 e. The van der Waals surface area contributed by atoms with Crippen LogP contribution in [0.15, 0.2) is 83.3 Å². The molecule has 9 rings (SSSR count). The van der Waals surface area contributed by atoms with Gasteiger partial charge in [0.05, 0.1) is 28.6 Å². The molecule has 3 atom stereocenters. The fourth-order valence-electron chi connectivity index (χ4n) is 11.1. The number of rotatable bonds is 11. The Morgan fingerprint density at radius 3 is 2.49 bits per heavy atom. The van der Waals surface area contributed by atoms with Crippen molar-refractivity contribution in [1.82, 2.24) is 24.0 Å². The molecule has 1 aliphatic carbocycles. The molecule has 17 heteroatoms. The molecule has 4 aliphatic rings. The zero-order valence-corrected chi connectivity index (χ0v) is 40.9. The van der Waals surface area contributed by atoms with Gasteiger partial charge in [-0.25, -0.2) is 18.4 Å². The number of aryl methyl sites for hydroxylation is 2. The lowest BCUT2D eigenvalue weighted by Gasteiger charge is -2.48. The van der Waals surface area contributed by atoms with Gasteiger partial charge in [-0.15, -0.1) is 0 Å². The number of carbonyl (C=O) groups is 2. The molecule has 2 fully saturated rings. The second-order valence-corrected chi connectivity index (χ2v) is 21.9. The maximum Gasteiger partial charge on any atom is 0.293 e. The van der Waals surface area contributed by atoms with Crippen LogP contribution in [0.4, 0.5) is 34.4 Å². The second kappa shape index (κ2) is 18.0. The second-order valence-electron chi connectivity index (χ2n) is 19.9. The first kappa shape index (κ1) is 46.8. The number of aliphatic hydroxyl groups is 1. The van der Waals surface area contributed by atoms with E-state index in [0.717, 1.165) is 68.8 Å². The molecule has 358 valence electrons. The average molecular weight is 943 g/mol. The van der Waals surface area contributed by atoms with E-state index in [-0.39, 0.29) is 40.7 Å². The van der Waals surface area contributed by atoms with E-state index in [2.05, 4.69) is 69.2 Å². The monoisotopic (exact) mass is 942 g/mol. The number of nitrogens with one attached hydrogen (secondary N) is 2. The van der Waals surface area contributed by atoms with E-state index in [1.165, 1.54) is 28.2 Å². The summed E-state index contributed by atoms with van der Waals surface area (Å²) in [6.07, 6.45) is 9.47. The summed E-state index contributed by atoms with van der Waals surface area (Å²) in [7, 11) is -1.66. The molecule has 0 saturated carbocycles. The largest absolute Gasteiger partial charge is 0.392 e. The first-order valence-corrected chi connectivity index (χ1v) is 25.4. The Labute approximate surface area is 398 Å². The molecule has 16 nitrogen and oxygen atoms in total. The van der Waals surface area contributed by atoms with Crippen LogP contribution in [0.2, 0.25) is 0 Å². The third-order valence-electron chi connectivity index (χ3n) is 14.3. The van der Waals surface area contributed by atoms with Crippen molar-refractivity contribution in [3.05, 3.63) is 112 Å². The molecule has 68 heavy (non-hydrogen) atoms. The standard InChI is InChI=1S/C51H62N10O6S/c1-9-46(63)54-40-25-35(10-12-42(40)59-19-18-57(28-33(59)4)36-15-17-58(32(3)23-36)37-11-13-45(31(2)22-37)68(8,66)67)53-47-50(65)56(7)29-41(55-47)38-14-16-52-48(39(38)30-62)61-21-20-60-43(49(61)64)24-34-26-51(5,6)27-44(34)60/h9-14,16,22,24-25,29,32-33,36,62H,1,15,17-21,23,26-28,30H2,2-8H3,(H,53,55)(H,54,63)/t32-,33+,36?/m1/s1. The fourth-order valence-corrected chi connectivity index (χ4v) is 12.1. The third-order valence-corrected chi connectivity index (χ3v) is 15.6. The Hall–Kier alpha value is -6.30. The molecule has 0 radical (unpaired) electrons. The van der Waals surface area contributed by atoms with Crippen molar-refractivity contribution in [2.75, 3.05) is 64.3 Å². The number of piperazine rings is 1. The molecule has 2 saturated heterocycles. The predicted octanol–water partition coefficient (Wildman–Crippen LogP) is 6.07. The molecular weight excluding hydrogens is 881 g/mol. The number of carbonyl (C=O) groups excluding carboxylic acids is 2. The number of nitrogens with zero attached hydrogens (tertiary/aromatic N) is 8. The molecule has 5 aromatic rings. The summed E-state index contributed by atoms with van der Waals surface area (Å²) in [4.78, 5) is 59.3. The minimum atomic E-state index is -3.29. The summed E-state index contributed by atoms with van der Waals surface area (Å²) >= 11 is 0. The summed E-state index contributed by atoms with van der Waals surface area (Å²) in [5, 5.41) is 17.1. The van der Waals surface area contributed by atoms with Gasteiger partial charge in [-0.3, -0.25) is 24.2 Å². The van der Waals surface area contributed by atoms with E-state index in [0.29, 0.717) is 63.7 Å². The highest BCUT2D eigenvalue weighted by Gasteiger charge is 2.38. The van der Waals surface area contributed by atoms with Gasteiger partial charge in [0.2, 0.25) is 5.91 Å². The number of fused-ring (bicyclic) bond motifs is 3. The van der Waals surface area contributed by atoms with Crippen LogP contribution >= 0.6 is 0 Å². The molecular formula is C51H62N10O6S. The van der Waals surface area contributed by atoms with Gasteiger partial charge in [-0.1, -0.05) is 20.4 Å². The fraction of sp³-hybridized carbons (Fsp3) is 0.431. The highest BCUT2D eigenvalue weighted by molar-refractivity contribution is 7.90. The minimum absolute atomic E-state index is 0.0358. The van der Waals surface area contributed by atoms with E-state index in [1.54, 1.807) is 42.5 Å². The molecule has 1 unspecified atom stereocenters. The van der Waals surface area contributed by atoms with Gasteiger partial charge in [-0.05, 0) is 118 Å². The Morgan fingerprint density at radius 2 is 1.78 bits per heavy atom. The molecule has 3 aliphatic heterocycles. The molecule has 0 spiro atoms. The lowest BCUT2D eigenvalue weighted by atomic mass is 9.90. The van der Waals surface area contributed by atoms with Crippen LogP contribution in [0.1, 0.15) is 73.4 Å². The van der Waals surface area contributed by atoms with Gasteiger partial charge < -0.3 is 34.7 Å². The van der Waals surface area contributed by atoms with Gasteiger partial charge >= 0.3 is 0 Å². The van der Waals surface area contributed by atoms with E-state index < -0.39 is 16.4 Å². The normalized spacial score (nSPS) is 20.6. The average Bonchev–Trinajstić information content (AvgIpc) is 3.79. The number of benzene rings is 2. The number of piperidine rings is 1. The maximum absolute atomic E-state index is 14.1. The maximum atomic E-state index is 14.1. The van der Waals surface area contributed by atoms with E-state index >= 15 is 0 Å². The van der Waals surface area contributed by atoms with E-state index in [1.807, 2.05) is 37.3 Å². The first-order valence-electron chi connectivity index (χ1n) is 23.5. The Kier molecular flexibility index (Phi) is 12.4. The van der Waals surface area contributed by atoms with Crippen LogP contribution in [0.3, 0.4) is 0 Å². The number of amides is 2. The highest BCUT2D eigenvalue weighted by Crippen LogP contribution is 2.41. The van der Waals surface area contributed by atoms with Gasteiger partial charge in [0.15, 0.2) is 15.7 Å². The van der Waals surface area contributed by atoms with Crippen molar-refractivity contribution in [3.8, 4) is 11.3 Å². The Morgan fingerprint density at radius 1 is 0.985 bits per heavy atom. The molecule has 0 bridgehead atoms. The van der Waals surface area contributed by atoms with Crippen LogP contribution in [0, 0.1) is 12.3 Å². The summed E-state index contributed by atoms with van der Waals surface area (Å²) in [5.74, 6) is -0.148. The number of hydrogen-bond acceptors (Lipinski definition) is 12. The minimum Gasteiger partial charge on any atom is -0.392 e. The van der Waals surface area contributed by atoms with Gasteiger partial charge in [0.25, 0.3) is 11.5 Å². The summed E-state index contributed by atoms with van der Waals surface area (Å²) in [6, 6.07) is 15.7. The van der Waals surface area contributed by atoms with Crippen molar-refractivity contribution >= 4 is 56.0 Å². The van der Waals surface area contributed by atoms with Crippen molar-refractivity contribution in [2.45, 2.75) is 96.5 Å². The lowest BCUT2D eigenvalue weighted by molar-refractivity contribution is -0.111.